The second-order valence-electron chi connectivity index (χ2n) is 5.78. The molecule has 0 radical (unpaired) electrons. The van der Waals surface area contributed by atoms with Crippen LogP contribution in [0.4, 0.5) is 5.13 Å². The van der Waals surface area contributed by atoms with Crippen LogP contribution in [0.25, 0.3) is 0 Å². The SMILES string of the molecule is C=CC1=C(C(=O)O)N2C(=O)[C@@H](NC(=O)/C(=N\O)c3csc(N)n3)[C@H]2SC1.O=P(O)(O)O. The normalized spacial score (nSPS) is 20.8. The monoisotopic (exact) mass is 493 g/mol. The van der Waals surface area contributed by atoms with E-state index in [9.17, 15) is 19.5 Å². The molecule has 8 N–H and O–H groups in total. The average molecular weight is 493 g/mol. The number of carbonyl (C=O) groups is 3. The van der Waals surface area contributed by atoms with Crippen molar-refractivity contribution in [3.05, 3.63) is 35.0 Å². The lowest BCUT2D eigenvalue weighted by Gasteiger charge is -2.49. The van der Waals surface area contributed by atoms with Crippen molar-refractivity contribution in [1.82, 2.24) is 15.2 Å². The highest BCUT2D eigenvalue weighted by molar-refractivity contribution is 8.00. The number of β-lactam (4-membered cyclic amide) rings is 1. The zero-order valence-corrected chi connectivity index (χ0v) is 17.8. The lowest BCUT2D eigenvalue weighted by atomic mass is 10.0. The first-order valence-corrected chi connectivity index (χ1v) is 11.4. The van der Waals surface area contributed by atoms with Crippen LogP contribution < -0.4 is 11.1 Å². The molecule has 0 aromatic carbocycles. The summed E-state index contributed by atoms with van der Waals surface area (Å²) in [6, 6.07) is -0.944. The van der Waals surface area contributed by atoms with Gasteiger partial charge in [-0.05, 0) is 5.57 Å². The summed E-state index contributed by atoms with van der Waals surface area (Å²) in [5, 5.41) is 24.9. The number of carboxylic acids is 1. The van der Waals surface area contributed by atoms with Crippen molar-refractivity contribution in [1.29, 1.82) is 0 Å². The van der Waals surface area contributed by atoms with E-state index < -0.39 is 37.0 Å². The summed E-state index contributed by atoms with van der Waals surface area (Å²) < 4.78 is 8.88. The molecule has 2 aliphatic heterocycles. The first-order chi connectivity index (χ1) is 14.4. The van der Waals surface area contributed by atoms with E-state index >= 15 is 0 Å². The summed E-state index contributed by atoms with van der Waals surface area (Å²) in [5.41, 5.74) is 5.49. The Balaban J connectivity index is 0.000000614. The number of thiazole rings is 1. The molecule has 0 unspecified atom stereocenters. The first kappa shape index (κ1) is 24.5. The Labute approximate surface area is 182 Å². The number of nitrogen functional groups attached to an aromatic ring is 1. The van der Waals surface area contributed by atoms with Gasteiger partial charge in [0.1, 0.15) is 22.8 Å². The fourth-order valence-electron chi connectivity index (χ4n) is 2.62. The van der Waals surface area contributed by atoms with Crippen LogP contribution in [-0.4, -0.2) is 75.5 Å². The Morgan fingerprint density at radius 1 is 1.42 bits per heavy atom. The zero-order valence-electron chi connectivity index (χ0n) is 15.3. The molecule has 2 aliphatic rings. The standard InChI is InChI=1S/C14H13N5O5S2.H3O4P/c1-2-5-3-25-12-8(11(21)19(12)9(5)13(22)23)17-10(20)7(18-24)6-4-26-14(15)16-6;1-5(2,3)4/h2,4,8,12,24H,1,3H2,(H2,15,16)(H,17,20)(H,22,23);(H3,1,2,3,4)/b18-7-;/t8-,12-;/m1./s1. The van der Waals surface area contributed by atoms with E-state index in [0.29, 0.717) is 11.3 Å². The number of aliphatic carboxylic acids is 1. The van der Waals surface area contributed by atoms with Crippen molar-refractivity contribution in [2.75, 3.05) is 11.5 Å². The third-order valence-electron chi connectivity index (χ3n) is 3.81. The Hall–Kier alpha value is -2.75. The minimum Gasteiger partial charge on any atom is -0.477 e. The molecule has 14 nitrogen and oxygen atoms in total. The van der Waals surface area contributed by atoms with E-state index in [1.165, 1.54) is 23.2 Å². The van der Waals surface area contributed by atoms with Gasteiger partial charge in [0.2, 0.25) is 0 Å². The molecule has 0 saturated carbocycles. The maximum atomic E-state index is 12.4. The Morgan fingerprint density at radius 3 is 2.48 bits per heavy atom. The molecule has 168 valence electrons. The van der Waals surface area contributed by atoms with E-state index in [4.69, 9.17) is 30.2 Å². The summed E-state index contributed by atoms with van der Waals surface area (Å²) in [6.45, 7) is 3.56. The lowest BCUT2D eigenvalue weighted by molar-refractivity contribution is -0.150. The van der Waals surface area contributed by atoms with Crippen molar-refractivity contribution in [3.63, 3.8) is 0 Å². The summed E-state index contributed by atoms with van der Waals surface area (Å²) in [5.74, 6) is -2.27. The zero-order chi connectivity index (χ0) is 23.5. The van der Waals surface area contributed by atoms with Crippen molar-refractivity contribution in [3.8, 4) is 0 Å². The Morgan fingerprint density at radius 2 is 2.03 bits per heavy atom. The minimum absolute atomic E-state index is 0.0764. The maximum Gasteiger partial charge on any atom is 0.466 e. The van der Waals surface area contributed by atoms with Crippen LogP contribution in [0.3, 0.4) is 0 Å². The molecule has 0 aliphatic carbocycles. The van der Waals surface area contributed by atoms with E-state index in [1.54, 1.807) is 0 Å². The molecule has 0 bridgehead atoms. The molecular weight excluding hydrogens is 477 g/mol. The van der Waals surface area contributed by atoms with Gasteiger partial charge in [0, 0.05) is 11.1 Å². The largest absolute Gasteiger partial charge is 0.477 e. The molecule has 3 rings (SSSR count). The predicted octanol–water partition coefficient (Wildman–Crippen LogP) is -1.10. The van der Waals surface area contributed by atoms with Gasteiger partial charge in [0.05, 0.1) is 0 Å². The number of fused-ring (bicyclic) bond motifs is 1. The van der Waals surface area contributed by atoms with Crippen LogP contribution in [-0.2, 0) is 18.9 Å². The van der Waals surface area contributed by atoms with Gasteiger partial charge in [-0.25, -0.2) is 14.3 Å². The molecule has 1 fully saturated rings. The number of phosphoric acid groups is 1. The van der Waals surface area contributed by atoms with Crippen LogP contribution in [0.5, 0.6) is 0 Å². The van der Waals surface area contributed by atoms with Crippen molar-refractivity contribution in [2.24, 2.45) is 5.16 Å². The molecule has 3 heterocycles. The Bertz CT molecular complexity index is 1020. The molecule has 1 aromatic heterocycles. The molecule has 1 saturated heterocycles. The topological polar surface area (TPSA) is 236 Å². The fourth-order valence-corrected chi connectivity index (χ4v) is 4.51. The van der Waals surface area contributed by atoms with Gasteiger partial charge in [0.15, 0.2) is 10.8 Å². The number of thioether (sulfide) groups is 1. The van der Waals surface area contributed by atoms with E-state index in [1.807, 2.05) is 0 Å². The number of rotatable bonds is 5. The number of allylic oxidation sites excluding steroid dienone is 1. The van der Waals surface area contributed by atoms with Crippen LogP contribution in [0.15, 0.2) is 34.5 Å². The molecule has 2 atom stereocenters. The molecule has 31 heavy (non-hydrogen) atoms. The van der Waals surface area contributed by atoms with E-state index in [0.717, 1.165) is 16.2 Å². The molecule has 17 heteroatoms. The second-order valence-corrected chi connectivity index (χ2v) is 8.80. The second kappa shape index (κ2) is 9.59. The van der Waals surface area contributed by atoms with Crippen LogP contribution in [0, 0.1) is 0 Å². The van der Waals surface area contributed by atoms with Gasteiger partial charge in [-0.15, -0.1) is 23.1 Å². The first-order valence-electron chi connectivity index (χ1n) is 7.95. The number of nitrogens with zero attached hydrogens (tertiary/aromatic N) is 3. The third kappa shape index (κ3) is 5.69. The number of carboxylic acid groups (broad SMARTS) is 1. The molecular formula is C14H16N5O9PS2. The molecule has 1 aromatic rings. The number of nitrogens with two attached hydrogens (primary N) is 1. The molecule has 2 amide bonds. The van der Waals surface area contributed by atoms with Crippen molar-refractivity contribution >= 4 is 59.5 Å². The number of amides is 2. The number of nitrogens with one attached hydrogen (secondary N) is 1. The summed E-state index contributed by atoms with van der Waals surface area (Å²) in [6.07, 6.45) is 1.40. The highest BCUT2D eigenvalue weighted by Crippen LogP contribution is 2.40. The Kier molecular flexibility index (Phi) is 7.58. The van der Waals surface area contributed by atoms with Gasteiger partial charge in [-0.2, -0.15) is 0 Å². The van der Waals surface area contributed by atoms with Crippen molar-refractivity contribution in [2.45, 2.75) is 11.4 Å². The fraction of sp³-hybridized carbons (Fsp3) is 0.214. The molecule has 0 spiro atoms. The maximum absolute atomic E-state index is 12.4. The average Bonchev–Trinajstić information content (AvgIpc) is 3.09. The highest BCUT2D eigenvalue weighted by atomic mass is 32.2. The lowest BCUT2D eigenvalue weighted by Crippen LogP contribution is -2.71. The smallest absolute Gasteiger partial charge is 0.466 e. The van der Waals surface area contributed by atoms with Gasteiger partial charge in [-0.1, -0.05) is 17.8 Å². The van der Waals surface area contributed by atoms with Gasteiger partial charge >= 0.3 is 13.8 Å². The number of hydrogen-bond donors (Lipinski definition) is 7. The van der Waals surface area contributed by atoms with Gasteiger partial charge in [-0.3, -0.25) is 14.5 Å². The minimum atomic E-state index is -4.64. The summed E-state index contributed by atoms with van der Waals surface area (Å²) in [7, 11) is -4.64. The number of oxime groups is 1. The van der Waals surface area contributed by atoms with Gasteiger partial charge in [0.25, 0.3) is 11.8 Å². The van der Waals surface area contributed by atoms with E-state index in [-0.39, 0.29) is 22.2 Å². The summed E-state index contributed by atoms with van der Waals surface area (Å²) in [4.78, 5) is 62.7. The van der Waals surface area contributed by atoms with Crippen molar-refractivity contribution < 1.29 is 43.9 Å². The van der Waals surface area contributed by atoms with Crippen LogP contribution in [0.1, 0.15) is 5.69 Å². The quantitative estimate of drug-likeness (QED) is 0.0851. The number of hydrogen-bond acceptors (Lipinski definition) is 10. The van der Waals surface area contributed by atoms with Gasteiger partial charge < -0.3 is 36.0 Å². The van der Waals surface area contributed by atoms with E-state index in [2.05, 4.69) is 22.0 Å². The highest BCUT2D eigenvalue weighted by Gasteiger charge is 2.54. The summed E-state index contributed by atoms with van der Waals surface area (Å²) >= 11 is 2.37. The predicted molar refractivity (Wildman–Crippen MR) is 109 cm³/mol. The third-order valence-corrected chi connectivity index (χ3v) is 5.79. The number of carbonyl (C=O) groups excluding carboxylic acids is 2. The number of anilines is 1. The van der Waals surface area contributed by atoms with Crippen LogP contribution >= 0.6 is 30.9 Å². The van der Waals surface area contributed by atoms with Crippen LogP contribution in [0.2, 0.25) is 0 Å². The number of aromatic nitrogens is 1.